The molecule has 6 rings (SSSR count). The molecule has 0 aliphatic carbocycles. The minimum Gasteiger partial charge on any atom is -0.478 e. The number of benzene rings is 2. The minimum absolute atomic E-state index is 0.0280. The lowest BCUT2D eigenvalue weighted by atomic mass is 9.87. The molecule has 226 valence electrons. The van der Waals surface area contributed by atoms with Gasteiger partial charge in [-0.15, -0.1) is 0 Å². The van der Waals surface area contributed by atoms with Crippen LogP contribution >= 0.6 is 0 Å². The summed E-state index contributed by atoms with van der Waals surface area (Å²) in [6, 6.07) is 14.7. The highest BCUT2D eigenvalue weighted by Gasteiger charge is 2.39. The zero-order chi connectivity index (χ0) is 31.2. The first kappa shape index (κ1) is 29.2. The summed E-state index contributed by atoms with van der Waals surface area (Å²) in [6.45, 7) is 5.04. The lowest BCUT2D eigenvalue weighted by Crippen LogP contribution is -2.27. The fourth-order valence-electron chi connectivity index (χ4n) is 5.50. The third-order valence-corrected chi connectivity index (χ3v) is 8.01. The van der Waals surface area contributed by atoms with Gasteiger partial charge in [-0.2, -0.15) is 0 Å². The van der Waals surface area contributed by atoms with Crippen LogP contribution in [0.5, 0.6) is 5.88 Å². The van der Waals surface area contributed by atoms with E-state index >= 15 is 8.78 Å². The number of ether oxygens (including phenoxy) is 2. The summed E-state index contributed by atoms with van der Waals surface area (Å²) in [5.74, 6) is -1.70. The fourth-order valence-corrected chi connectivity index (χ4v) is 5.50. The van der Waals surface area contributed by atoms with Crippen molar-refractivity contribution in [1.29, 1.82) is 0 Å². The smallest absolute Gasteiger partial charge is 0.335 e. The Bertz CT molecular complexity index is 1970. The second-order valence-corrected chi connectivity index (χ2v) is 11.7. The number of rotatable bonds is 8. The van der Waals surface area contributed by atoms with E-state index in [0.717, 1.165) is 12.1 Å². The van der Waals surface area contributed by atoms with Crippen molar-refractivity contribution in [2.24, 2.45) is 12.5 Å². The molecule has 5 aromatic rings. The molecule has 4 heterocycles. The Morgan fingerprint density at radius 3 is 2.64 bits per heavy atom. The van der Waals surface area contributed by atoms with Crippen LogP contribution in [0.15, 0.2) is 71.7 Å². The minimum atomic E-state index is -1.07. The zero-order valence-electron chi connectivity index (χ0n) is 24.4. The predicted octanol–water partition coefficient (Wildman–Crippen LogP) is 5.54. The molecule has 0 radical (unpaired) electrons. The standard InChI is InChI=1S/C33H30F2N4O5/c1-33(2)18-43-17-28(33)39-27-13-20(32(41)42)7-8-26(27)36-29(39)14-21-12-24(35)22(15-23(21)34)25-5-4-6-30(37-25)44-16-19-9-10-38(3)31(40)11-19/h4-13,15,28H,14,16-18H2,1-3H3,(H,41,42)/t28-/m1/s1. The summed E-state index contributed by atoms with van der Waals surface area (Å²) in [6.07, 6.45) is 1.61. The number of imidazole rings is 1. The molecule has 0 bridgehead atoms. The number of aryl methyl sites for hydroxylation is 1. The van der Waals surface area contributed by atoms with Crippen molar-refractivity contribution in [3.8, 4) is 17.1 Å². The molecule has 1 fully saturated rings. The second kappa shape index (κ2) is 11.3. The number of fused-ring (bicyclic) bond motifs is 1. The molecule has 0 unspecified atom stereocenters. The number of aromatic nitrogens is 4. The normalized spacial score (nSPS) is 16.0. The molecule has 1 aliphatic rings. The number of hydrogen-bond donors (Lipinski definition) is 1. The average Bonchev–Trinajstić information content (AvgIpc) is 3.52. The molecule has 11 heteroatoms. The van der Waals surface area contributed by atoms with Gasteiger partial charge >= 0.3 is 5.97 Å². The number of nitrogens with zero attached hydrogens (tertiary/aromatic N) is 4. The maximum atomic E-state index is 15.6. The molecule has 1 N–H and O–H groups in total. The summed E-state index contributed by atoms with van der Waals surface area (Å²) in [5.41, 5.74) is 1.68. The Balaban J connectivity index is 1.31. The third-order valence-electron chi connectivity index (χ3n) is 8.01. The van der Waals surface area contributed by atoms with Crippen molar-refractivity contribution < 1.29 is 28.2 Å². The second-order valence-electron chi connectivity index (χ2n) is 11.7. The van der Waals surface area contributed by atoms with Crippen LogP contribution in [0.2, 0.25) is 0 Å². The van der Waals surface area contributed by atoms with Gasteiger partial charge in [-0.05, 0) is 53.6 Å². The van der Waals surface area contributed by atoms with E-state index in [4.69, 9.17) is 14.5 Å². The van der Waals surface area contributed by atoms with Gasteiger partial charge in [-0.25, -0.2) is 23.5 Å². The predicted molar refractivity (Wildman–Crippen MR) is 159 cm³/mol. The Morgan fingerprint density at radius 2 is 1.91 bits per heavy atom. The largest absolute Gasteiger partial charge is 0.478 e. The molecule has 1 atom stereocenters. The van der Waals surface area contributed by atoms with Crippen LogP contribution in [0.25, 0.3) is 22.3 Å². The topological polar surface area (TPSA) is 108 Å². The first-order valence-corrected chi connectivity index (χ1v) is 14.1. The van der Waals surface area contributed by atoms with Crippen LogP contribution in [0.4, 0.5) is 8.78 Å². The average molecular weight is 601 g/mol. The molecule has 2 aromatic carbocycles. The van der Waals surface area contributed by atoms with E-state index in [1.807, 2.05) is 18.4 Å². The van der Waals surface area contributed by atoms with Crippen molar-refractivity contribution >= 4 is 17.0 Å². The first-order valence-electron chi connectivity index (χ1n) is 14.1. The van der Waals surface area contributed by atoms with Crippen LogP contribution in [-0.2, 0) is 24.8 Å². The van der Waals surface area contributed by atoms with E-state index in [1.54, 1.807) is 49.6 Å². The van der Waals surface area contributed by atoms with Gasteiger partial charge in [0.1, 0.15) is 24.1 Å². The summed E-state index contributed by atoms with van der Waals surface area (Å²) >= 11 is 0. The van der Waals surface area contributed by atoms with E-state index < -0.39 is 17.6 Å². The number of hydrogen-bond acceptors (Lipinski definition) is 6. The molecule has 3 aromatic heterocycles. The molecule has 0 amide bonds. The van der Waals surface area contributed by atoms with Gasteiger partial charge in [0.05, 0.1) is 41.5 Å². The lowest BCUT2D eigenvalue weighted by molar-refractivity contribution is 0.0697. The fraction of sp³-hybridized carbons (Fsp3) is 0.273. The summed E-state index contributed by atoms with van der Waals surface area (Å²) < 4.78 is 46.0. The molecule has 9 nitrogen and oxygen atoms in total. The van der Waals surface area contributed by atoms with Gasteiger partial charge < -0.3 is 23.7 Å². The SMILES string of the molecule is Cn1ccc(COc2cccc(-c3cc(F)c(Cc4nc5ccc(C(=O)O)cc5n4[C@@H]4COCC4(C)C)cc3F)n2)cc1=O. The number of halogens is 2. The Morgan fingerprint density at radius 1 is 1.09 bits per heavy atom. The van der Waals surface area contributed by atoms with E-state index in [-0.39, 0.29) is 58.3 Å². The van der Waals surface area contributed by atoms with Gasteiger partial charge in [0, 0.05) is 42.8 Å². The Labute approximate surface area is 251 Å². The van der Waals surface area contributed by atoms with Crippen molar-refractivity contribution in [3.05, 3.63) is 111 Å². The van der Waals surface area contributed by atoms with Gasteiger partial charge in [0.2, 0.25) is 5.88 Å². The lowest BCUT2D eigenvalue weighted by Gasteiger charge is -2.28. The molecule has 0 saturated carbocycles. The van der Waals surface area contributed by atoms with Crippen molar-refractivity contribution in [3.63, 3.8) is 0 Å². The van der Waals surface area contributed by atoms with E-state index in [2.05, 4.69) is 4.98 Å². The summed E-state index contributed by atoms with van der Waals surface area (Å²) in [4.78, 5) is 32.7. The van der Waals surface area contributed by atoms with Crippen LogP contribution in [0, 0.1) is 17.0 Å². The van der Waals surface area contributed by atoms with Gasteiger partial charge in [-0.1, -0.05) is 19.9 Å². The number of pyridine rings is 2. The highest BCUT2D eigenvalue weighted by Crippen LogP contribution is 2.40. The number of carboxylic acids is 1. The number of carboxylic acid groups (broad SMARTS) is 1. The summed E-state index contributed by atoms with van der Waals surface area (Å²) in [7, 11) is 1.65. The van der Waals surface area contributed by atoms with Crippen LogP contribution in [0.1, 0.15) is 47.2 Å². The molecule has 44 heavy (non-hydrogen) atoms. The Hall–Kier alpha value is -4.90. The molecule has 1 aliphatic heterocycles. The van der Waals surface area contributed by atoms with Crippen molar-refractivity contribution in [2.75, 3.05) is 13.2 Å². The van der Waals surface area contributed by atoms with E-state index in [1.165, 1.54) is 16.7 Å². The molecule has 1 saturated heterocycles. The Kier molecular flexibility index (Phi) is 7.50. The highest BCUT2D eigenvalue weighted by molar-refractivity contribution is 5.92. The quantitative estimate of drug-likeness (QED) is 0.249. The first-order chi connectivity index (χ1) is 21.0. The highest BCUT2D eigenvalue weighted by atomic mass is 19.1. The van der Waals surface area contributed by atoms with Crippen LogP contribution in [0.3, 0.4) is 0 Å². The van der Waals surface area contributed by atoms with Crippen LogP contribution < -0.4 is 10.3 Å². The maximum Gasteiger partial charge on any atom is 0.335 e. The molecule has 0 spiro atoms. The number of carbonyl (C=O) groups is 1. The van der Waals surface area contributed by atoms with Gasteiger partial charge in [-0.3, -0.25) is 4.79 Å². The van der Waals surface area contributed by atoms with Gasteiger partial charge in [0.15, 0.2) is 0 Å². The van der Waals surface area contributed by atoms with E-state index in [0.29, 0.717) is 35.6 Å². The summed E-state index contributed by atoms with van der Waals surface area (Å²) in [5, 5.41) is 9.58. The van der Waals surface area contributed by atoms with Crippen molar-refractivity contribution in [2.45, 2.75) is 32.9 Å². The molecular weight excluding hydrogens is 570 g/mol. The third kappa shape index (κ3) is 5.58. The molecular formula is C33H30F2N4O5. The van der Waals surface area contributed by atoms with Crippen molar-refractivity contribution in [1.82, 2.24) is 19.1 Å². The number of aromatic carboxylic acids is 1. The van der Waals surface area contributed by atoms with Gasteiger partial charge in [0.25, 0.3) is 5.56 Å². The van der Waals surface area contributed by atoms with E-state index in [9.17, 15) is 14.7 Å². The maximum absolute atomic E-state index is 15.6. The monoisotopic (exact) mass is 600 g/mol. The zero-order valence-corrected chi connectivity index (χ0v) is 24.4. The van der Waals surface area contributed by atoms with Crippen LogP contribution in [-0.4, -0.2) is 43.4 Å².